The number of rotatable bonds is 6. The number of fused-ring (bicyclic) bond motifs is 1. The highest BCUT2D eigenvalue weighted by Gasteiger charge is 2.14. The predicted octanol–water partition coefficient (Wildman–Crippen LogP) is -0.0364. The van der Waals surface area contributed by atoms with E-state index in [0.29, 0.717) is 10.6 Å². The van der Waals surface area contributed by atoms with E-state index in [1.807, 2.05) is 0 Å². The molecular formula is C16H18N6O5. The Morgan fingerprint density at radius 2 is 2.07 bits per heavy atom. The Kier molecular flexibility index (Phi) is 4.94. The van der Waals surface area contributed by atoms with E-state index < -0.39 is 11.5 Å². The van der Waals surface area contributed by atoms with Crippen molar-refractivity contribution in [3.63, 3.8) is 0 Å². The second kappa shape index (κ2) is 7.33. The molecule has 0 aliphatic rings. The van der Waals surface area contributed by atoms with E-state index in [9.17, 15) is 25.0 Å². The Morgan fingerprint density at radius 3 is 2.81 bits per heavy atom. The van der Waals surface area contributed by atoms with Crippen LogP contribution >= 0.6 is 0 Å². The summed E-state index contributed by atoms with van der Waals surface area (Å²) >= 11 is 0. The van der Waals surface area contributed by atoms with E-state index >= 15 is 0 Å². The molecule has 0 bridgehead atoms. The van der Waals surface area contributed by atoms with Crippen molar-refractivity contribution in [1.82, 2.24) is 24.6 Å². The molecule has 3 rings (SSSR count). The number of aryl methyl sites for hydroxylation is 1. The van der Waals surface area contributed by atoms with Crippen LogP contribution in [0.1, 0.15) is 12.0 Å². The number of anilines is 1. The van der Waals surface area contributed by atoms with Crippen molar-refractivity contribution in [3.05, 3.63) is 40.4 Å². The second-order valence-corrected chi connectivity index (χ2v) is 5.90. The predicted molar refractivity (Wildman–Crippen MR) is 94.2 cm³/mol. The van der Waals surface area contributed by atoms with Crippen molar-refractivity contribution in [2.24, 2.45) is 0 Å². The van der Waals surface area contributed by atoms with Gasteiger partial charge in [-0.05, 0) is 24.1 Å². The zero-order chi connectivity index (χ0) is 19.6. The zero-order valence-corrected chi connectivity index (χ0v) is 14.2. The lowest BCUT2D eigenvalue weighted by atomic mass is 10.1. The van der Waals surface area contributed by atoms with Crippen LogP contribution < -0.4 is 11.3 Å². The van der Waals surface area contributed by atoms with Gasteiger partial charge in [-0.1, -0.05) is 6.07 Å². The lowest BCUT2D eigenvalue weighted by Gasteiger charge is -2.15. The molecular weight excluding hydrogens is 356 g/mol. The van der Waals surface area contributed by atoms with Crippen molar-refractivity contribution in [3.8, 4) is 11.5 Å². The summed E-state index contributed by atoms with van der Waals surface area (Å²) in [5, 5.41) is 29.2. The average molecular weight is 374 g/mol. The molecule has 0 aliphatic carbocycles. The fraction of sp³-hybridized carbons (Fsp3) is 0.250. The first kappa shape index (κ1) is 18.2. The molecule has 0 spiro atoms. The van der Waals surface area contributed by atoms with Gasteiger partial charge in [0.2, 0.25) is 11.9 Å². The van der Waals surface area contributed by atoms with Gasteiger partial charge in [0.05, 0.1) is 12.9 Å². The molecule has 0 aliphatic heterocycles. The molecule has 142 valence electrons. The number of nitrogens with one attached hydrogen (secondary N) is 1. The molecule has 3 aromatic rings. The molecule has 6 N–H and O–H groups in total. The molecule has 11 nitrogen and oxygen atoms in total. The number of aromatic nitrogens is 4. The Balaban J connectivity index is 1.59. The Morgan fingerprint density at radius 1 is 1.30 bits per heavy atom. The number of carbonyl (C=O) groups is 1. The van der Waals surface area contributed by atoms with Gasteiger partial charge in [0.1, 0.15) is 0 Å². The van der Waals surface area contributed by atoms with Crippen LogP contribution in [0.15, 0.2) is 29.3 Å². The number of aromatic amines is 1. The van der Waals surface area contributed by atoms with Gasteiger partial charge in [-0.25, -0.2) is 10.0 Å². The standard InChI is InChI=1S/C16H18N6O5/c17-16-19-14-13(15(26)20-16)18-8-21(14)5-4-12(25)22(27)6-3-9-1-2-10(23)11(24)7-9/h1-2,7-8,23-24,27H,3-6H2,(H3,17,19,20,26). The van der Waals surface area contributed by atoms with Crippen LogP contribution in [-0.2, 0) is 17.8 Å². The van der Waals surface area contributed by atoms with Gasteiger partial charge in [-0.3, -0.25) is 19.8 Å². The number of aromatic hydroxyl groups is 2. The number of hydrogen-bond acceptors (Lipinski definition) is 8. The number of amides is 1. The summed E-state index contributed by atoms with van der Waals surface area (Å²) in [6.45, 7) is 0.168. The summed E-state index contributed by atoms with van der Waals surface area (Å²) < 4.78 is 1.50. The van der Waals surface area contributed by atoms with Gasteiger partial charge >= 0.3 is 0 Å². The van der Waals surface area contributed by atoms with Crippen LogP contribution in [0.2, 0.25) is 0 Å². The van der Waals surface area contributed by atoms with Gasteiger partial charge in [0, 0.05) is 13.0 Å². The maximum Gasteiger partial charge on any atom is 0.280 e. The highest BCUT2D eigenvalue weighted by atomic mass is 16.5. The smallest absolute Gasteiger partial charge is 0.280 e. The quantitative estimate of drug-likeness (QED) is 0.227. The summed E-state index contributed by atoms with van der Waals surface area (Å²) in [4.78, 5) is 34.1. The second-order valence-electron chi connectivity index (χ2n) is 5.90. The third-order valence-electron chi connectivity index (χ3n) is 4.00. The van der Waals surface area contributed by atoms with Crippen molar-refractivity contribution in [1.29, 1.82) is 0 Å². The Hall–Kier alpha value is -3.60. The number of nitrogens with two attached hydrogens (primary N) is 1. The number of phenolic OH excluding ortho intramolecular Hbond substituents is 2. The number of phenols is 2. The fourth-order valence-corrected chi connectivity index (χ4v) is 2.56. The lowest BCUT2D eigenvalue weighted by Crippen LogP contribution is -2.30. The van der Waals surface area contributed by atoms with Gasteiger partial charge < -0.3 is 20.5 Å². The lowest BCUT2D eigenvalue weighted by molar-refractivity contribution is -0.165. The maximum absolute atomic E-state index is 12.1. The minimum atomic E-state index is -0.530. The molecule has 11 heteroatoms. The van der Waals surface area contributed by atoms with E-state index in [-0.39, 0.29) is 54.5 Å². The Bertz CT molecular complexity index is 1040. The van der Waals surface area contributed by atoms with Gasteiger partial charge in [-0.15, -0.1) is 0 Å². The van der Waals surface area contributed by atoms with E-state index in [4.69, 9.17) is 5.73 Å². The van der Waals surface area contributed by atoms with Crippen LogP contribution in [0.4, 0.5) is 5.95 Å². The number of imidazole rings is 1. The molecule has 2 heterocycles. The number of hydrogen-bond donors (Lipinski definition) is 5. The van der Waals surface area contributed by atoms with Gasteiger partial charge in [0.15, 0.2) is 22.7 Å². The van der Waals surface area contributed by atoms with E-state index in [2.05, 4.69) is 15.0 Å². The minimum Gasteiger partial charge on any atom is -0.504 e. The number of nitrogen functional groups attached to an aromatic ring is 1. The largest absolute Gasteiger partial charge is 0.504 e. The third kappa shape index (κ3) is 3.98. The van der Waals surface area contributed by atoms with E-state index in [0.717, 1.165) is 0 Å². The Labute approximate surface area is 152 Å². The van der Waals surface area contributed by atoms with Crippen LogP contribution in [0.25, 0.3) is 11.2 Å². The monoisotopic (exact) mass is 374 g/mol. The normalized spacial score (nSPS) is 11.0. The molecule has 0 radical (unpaired) electrons. The number of hydroxylamine groups is 2. The molecule has 0 saturated carbocycles. The summed E-state index contributed by atoms with van der Waals surface area (Å²) in [5.74, 6) is -1.09. The van der Waals surface area contributed by atoms with Crippen LogP contribution in [0, 0.1) is 0 Å². The molecule has 1 amide bonds. The first-order valence-electron chi connectivity index (χ1n) is 8.06. The van der Waals surface area contributed by atoms with Crippen molar-refractivity contribution in [2.75, 3.05) is 12.3 Å². The van der Waals surface area contributed by atoms with E-state index in [1.54, 1.807) is 6.07 Å². The molecule has 0 saturated heterocycles. The minimum absolute atomic E-state index is 0.0125. The van der Waals surface area contributed by atoms with Crippen LogP contribution in [0.5, 0.6) is 11.5 Å². The third-order valence-corrected chi connectivity index (χ3v) is 4.00. The fourth-order valence-electron chi connectivity index (χ4n) is 2.56. The zero-order valence-electron chi connectivity index (χ0n) is 14.2. The van der Waals surface area contributed by atoms with E-state index in [1.165, 1.54) is 23.0 Å². The summed E-state index contributed by atoms with van der Waals surface area (Å²) in [5.41, 5.74) is 6.07. The first-order chi connectivity index (χ1) is 12.8. The average Bonchev–Trinajstić information content (AvgIpc) is 3.03. The number of nitrogens with zero attached hydrogens (tertiary/aromatic N) is 4. The molecule has 0 atom stereocenters. The van der Waals surface area contributed by atoms with Gasteiger partial charge in [-0.2, -0.15) is 4.98 Å². The number of H-pyrrole nitrogens is 1. The summed E-state index contributed by atoms with van der Waals surface area (Å²) in [6, 6.07) is 4.27. The summed E-state index contributed by atoms with van der Waals surface area (Å²) in [7, 11) is 0. The SMILES string of the molecule is Nc1nc2c(ncn2CCC(=O)N(O)CCc2ccc(O)c(O)c2)c(=O)[nH]1. The van der Waals surface area contributed by atoms with Crippen molar-refractivity contribution >= 4 is 23.0 Å². The first-order valence-corrected chi connectivity index (χ1v) is 8.06. The molecule has 27 heavy (non-hydrogen) atoms. The molecule has 2 aromatic heterocycles. The van der Waals surface area contributed by atoms with Gasteiger partial charge in [0.25, 0.3) is 5.56 Å². The highest BCUT2D eigenvalue weighted by Crippen LogP contribution is 2.25. The van der Waals surface area contributed by atoms with Crippen molar-refractivity contribution in [2.45, 2.75) is 19.4 Å². The highest BCUT2D eigenvalue weighted by molar-refractivity contribution is 5.75. The summed E-state index contributed by atoms with van der Waals surface area (Å²) in [6.07, 6.45) is 1.62. The molecule has 0 fully saturated rings. The maximum atomic E-state index is 12.1. The number of carbonyl (C=O) groups excluding carboxylic acids is 1. The van der Waals surface area contributed by atoms with Crippen LogP contribution in [0.3, 0.4) is 0 Å². The molecule has 1 aromatic carbocycles. The molecule has 0 unspecified atom stereocenters. The van der Waals surface area contributed by atoms with Crippen molar-refractivity contribution < 1.29 is 20.2 Å². The topological polar surface area (TPSA) is 171 Å². The van der Waals surface area contributed by atoms with Crippen LogP contribution in [-0.4, -0.2) is 52.5 Å². The number of benzene rings is 1.